The van der Waals surface area contributed by atoms with E-state index in [1.165, 1.54) is 0 Å². The minimum Gasteiger partial charge on any atom is -0.271 e. The normalized spacial score (nSPS) is 12.9. The molecule has 0 saturated carbocycles. The Morgan fingerprint density at radius 2 is 2.21 bits per heavy atom. The molecule has 0 aliphatic carbocycles. The summed E-state index contributed by atoms with van der Waals surface area (Å²) in [7, 11) is 1.90. The van der Waals surface area contributed by atoms with E-state index in [2.05, 4.69) is 15.5 Å². The standard InChI is InChI=1S/C12H18ClN5S/c1-7-6-19-11(15-7)5-9(16-14)4-10-12(13)8(2)17-18(10)3/h6,9,16H,4-5,14H2,1-3H3. The fraction of sp³-hybridized carbons (Fsp3) is 0.500. The van der Waals surface area contributed by atoms with Crippen LogP contribution in [0.25, 0.3) is 0 Å². The largest absolute Gasteiger partial charge is 0.271 e. The molecule has 104 valence electrons. The van der Waals surface area contributed by atoms with Crippen molar-refractivity contribution < 1.29 is 0 Å². The lowest BCUT2D eigenvalue weighted by Gasteiger charge is -2.14. The Kier molecular flexibility index (Phi) is 4.57. The number of hydrogen-bond donors (Lipinski definition) is 2. The molecule has 0 aliphatic rings. The molecule has 0 bridgehead atoms. The molecule has 1 unspecified atom stereocenters. The van der Waals surface area contributed by atoms with E-state index < -0.39 is 0 Å². The van der Waals surface area contributed by atoms with Gasteiger partial charge >= 0.3 is 0 Å². The summed E-state index contributed by atoms with van der Waals surface area (Å²) >= 11 is 7.91. The maximum Gasteiger partial charge on any atom is 0.0944 e. The smallest absolute Gasteiger partial charge is 0.0944 e. The van der Waals surface area contributed by atoms with Gasteiger partial charge in [0.25, 0.3) is 0 Å². The monoisotopic (exact) mass is 299 g/mol. The van der Waals surface area contributed by atoms with Crippen molar-refractivity contribution in [1.29, 1.82) is 0 Å². The quantitative estimate of drug-likeness (QED) is 0.652. The van der Waals surface area contributed by atoms with E-state index in [9.17, 15) is 0 Å². The lowest BCUT2D eigenvalue weighted by molar-refractivity contribution is 0.504. The predicted molar refractivity (Wildman–Crippen MR) is 78.3 cm³/mol. The highest BCUT2D eigenvalue weighted by atomic mass is 35.5. The first-order valence-electron chi connectivity index (χ1n) is 6.06. The fourth-order valence-electron chi connectivity index (χ4n) is 2.03. The van der Waals surface area contributed by atoms with Gasteiger partial charge in [0.2, 0.25) is 0 Å². The first-order valence-corrected chi connectivity index (χ1v) is 7.32. The molecule has 2 rings (SSSR count). The van der Waals surface area contributed by atoms with Crippen molar-refractivity contribution in [3.8, 4) is 0 Å². The van der Waals surface area contributed by atoms with Crippen LogP contribution in [0, 0.1) is 13.8 Å². The van der Waals surface area contributed by atoms with Crippen molar-refractivity contribution in [2.75, 3.05) is 0 Å². The van der Waals surface area contributed by atoms with Crippen molar-refractivity contribution in [2.45, 2.75) is 32.7 Å². The molecule has 2 heterocycles. The number of thiazole rings is 1. The van der Waals surface area contributed by atoms with Gasteiger partial charge in [0.1, 0.15) is 0 Å². The number of nitrogens with zero attached hydrogens (tertiary/aromatic N) is 3. The van der Waals surface area contributed by atoms with Gasteiger partial charge in [-0.25, -0.2) is 4.98 Å². The van der Waals surface area contributed by atoms with E-state index in [-0.39, 0.29) is 6.04 Å². The topological polar surface area (TPSA) is 68.8 Å². The molecule has 1 atom stereocenters. The number of aromatic nitrogens is 3. The highest BCUT2D eigenvalue weighted by Crippen LogP contribution is 2.22. The summed E-state index contributed by atoms with van der Waals surface area (Å²) in [5.41, 5.74) is 5.73. The third-order valence-electron chi connectivity index (χ3n) is 3.02. The molecule has 2 aromatic heterocycles. The highest BCUT2D eigenvalue weighted by Gasteiger charge is 2.17. The van der Waals surface area contributed by atoms with E-state index in [0.29, 0.717) is 0 Å². The Morgan fingerprint density at radius 1 is 1.47 bits per heavy atom. The summed E-state index contributed by atoms with van der Waals surface area (Å²) in [6.07, 6.45) is 1.51. The Hall–Kier alpha value is -0.950. The maximum absolute atomic E-state index is 6.26. The zero-order chi connectivity index (χ0) is 14.0. The van der Waals surface area contributed by atoms with Gasteiger partial charge < -0.3 is 0 Å². The van der Waals surface area contributed by atoms with E-state index >= 15 is 0 Å². The van der Waals surface area contributed by atoms with Crippen LogP contribution in [-0.2, 0) is 19.9 Å². The number of hydrogen-bond acceptors (Lipinski definition) is 5. The van der Waals surface area contributed by atoms with Crippen molar-refractivity contribution in [1.82, 2.24) is 20.2 Å². The lowest BCUT2D eigenvalue weighted by Crippen LogP contribution is -2.39. The molecule has 0 fully saturated rings. The zero-order valence-corrected chi connectivity index (χ0v) is 12.8. The van der Waals surface area contributed by atoms with E-state index in [1.807, 2.05) is 31.0 Å². The van der Waals surface area contributed by atoms with Crippen LogP contribution in [0.4, 0.5) is 0 Å². The van der Waals surface area contributed by atoms with Crippen molar-refractivity contribution >= 4 is 22.9 Å². The molecule has 0 aliphatic heterocycles. The molecule has 2 aromatic rings. The van der Waals surface area contributed by atoms with Gasteiger partial charge in [-0.1, -0.05) is 11.6 Å². The molecule has 0 radical (unpaired) electrons. The number of nitrogens with two attached hydrogens (primary N) is 1. The predicted octanol–water partition coefficient (Wildman–Crippen LogP) is 1.76. The number of halogens is 1. The van der Waals surface area contributed by atoms with Crippen LogP contribution in [0.1, 0.15) is 22.1 Å². The van der Waals surface area contributed by atoms with Gasteiger partial charge in [-0.2, -0.15) is 5.10 Å². The molecule has 0 saturated heterocycles. The highest BCUT2D eigenvalue weighted by molar-refractivity contribution is 7.09. The first kappa shape index (κ1) is 14.5. The SMILES string of the molecule is Cc1csc(CC(Cc2c(Cl)c(C)nn2C)NN)n1. The van der Waals surface area contributed by atoms with Crippen LogP contribution in [0.2, 0.25) is 5.02 Å². The zero-order valence-electron chi connectivity index (χ0n) is 11.3. The summed E-state index contributed by atoms with van der Waals surface area (Å²) in [6, 6.07) is 0.0952. The summed E-state index contributed by atoms with van der Waals surface area (Å²) in [5.74, 6) is 5.64. The van der Waals surface area contributed by atoms with Crippen LogP contribution >= 0.6 is 22.9 Å². The Balaban J connectivity index is 2.10. The Bertz CT molecular complexity index is 562. The second-order valence-corrected chi connectivity index (χ2v) is 5.94. The lowest BCUT2D eigenvalue weighted by atomic mass is 10.1. The Morgan fingerprint density at radius 3 is 2.68 bits per heavy atom. The average Bonchev–Trinajstić information content (AvgIpc) is 2.87. The molecule has 0 amide bonds. The third kappa shape index (κ3) is 3.33. The summed E-state index contributed by atoms with van der Waals surface area (Å²) in [4.78, 5) is 4.46. The van der Waals surface area contributed by atoms with Gasteiger partial charge in [-0.05, 0) is 13.8 Å². The number of aryl methyl sites for hydroxylation is 3. The minimum atomic E-state index is 0.0952. The molecule has 5 nitrogen and oxygen atoms in total. The molecule has 0 spiro atoms. The summed E-state index contributed by atoms with van der Waals surface area (Å²) < 4.78 is 1.81. The van der Waals surface area contributed by atoms with E-state index in [4.69, 9.17) is 17.4 Å². The molecule has 19 heavy (non-hydrogen) atoms. The van der Waals surface area contributed by atoms with Crippen LogP contribution in [0.15, 0.2) is 5.38 Å². The van der Waals surface area contributed by atoms with Gasteiger partial charge in [-0.15, -0.1) is 11.3 Å². The van der Waals surface area contributed by atoms with Gasteiger partial charge in [0.15, 0.2) is 0 Å². The van der Waals surface area contributed by atoms with Crippen LogP contribution in [0.3, 0.4) is 0 Å². The van der Waals surface area contributed by atoms with Gasteiger partial charge in [0.05, 0.1) is 21.4 Å². The van der Waals surface area contributed by atoms with E-state index in [1.54, 1.807) is 11.3 Å². The fourth-order valence-corrected chi connectivity index (χ4v) is 3.12. The second-order valence-electron chi connectivity index (χ2n) is 4.62. The first-order chi connectivity index (χ1) is 9.01. The van der Waals surface area contributed by atoms with Crippen LogP contribution in [0.5, 0.6) is 0 Å². The number of hydrazine groups is 1. The Labute approximate surface area is 121 Å². The number of rotatable bonds is 5. The van der Waals surface area contributed by atoms with Crippen molar-refractivity contribution in [3.05, 3.63) is 32.5 Å². The minimum absolute atomic E-state index is 0.0952. The van der Waals surface area contributed by atoms with Crippen molar-refractivity contribution in [3.63, 3.8) is 0 Å². The summed E-state index contributed by atoms with van der Waals surface area (Å²) in [5, 5.41) is 8.16. The van der Waals surface area contributed by atoms with Crippen LogP contribution < -0.4 is 11.3 Å². The third-order valence-corrected chi connectivity index (χ3v) is 4.51. The molecule has 3 N–H and O–H groups in total. The second kappa shape index (κ2) is 6.00. The summed E-state index contributed by atoms with van der Waals surface area (Å²) in [6.45, 7) is 3.90. The maximum atomic E-state index is 6.26. The molecular formula is C12H18ClN5S. The van der Waals surface area contributed by atoms with Gasteiger partial charge in [-0.3, -0.25) is 16.0 Å². The van der Waals surface area contributed by atoms with Gasteiger partial charge in [0, 0.05) is 37.0 Å². The van der Waals surface area contributed by atoms with Crippen LogP contribution in [-0.4, -0.2) is 20.8 Å². The van der Waals surface area contributed by atoms with Crippen molar-refractivity contribution in [2.24, 2.45) is 12.9 Å². The van der Waals surface area contributed by atoms with E-state index in [0.717, 1.165) is 40.0 Å². The number of nitrogens with one attached hydrogen (secondary N) is 1. The average molecular weight is 300 g/mol. The molecule has 0 aromatic carbocycles. The molecular weight excluding hydrogens is 282 g/mol. The molecule has 7 heteroatoms.